The highest BCUT2D eigenvalue weighted by atomic mass is 16.5. The van der Waals surface area contributed by atoms with E-state index in [1.807, 2.05) is 0 Å². The number of nitrogens with one attached hydrogen (secondary N) is 1. The molecule has 1 aromatic rings. The van der Waals surface area contributed by atoms with E-state index in [0.29, 0.717) is 24.3 Å². The number of rotatable bonds is 7. The molecule has 1 atom stereocenters. The fourth-order valence-electron chi connectivity index (χ4n) is 1.74. The van der Waals surface area contributed by atoms with E-state index >= 15 is 0 Å². The lowest BCUT2D eigenvalue weighted by Crippen LogP contribution is -2.29. The SMILES string of the molecule is C=CCCOC(C)C(=O)Nc1cccc(C)c1C(N)=O. The maximum absolute atomic E-state index is 12.0. The smallest absolute Gasteiger partial charge is 0.253 e. The minimum atomic E-state index is -0.615. The third kappa shape index (κ3) is 4.20. The van der Waals surface area contributed by atoms with Crippen LogP contribution >= 0.6 is 0 Å². The zero-order valence-corrected chi connectivity index (χ0v) is 11.8. The molecule has 20 heavy (non-hydrogen) atoms. The lowest BCUT2D eigenvalue weighted by Gasteiger charge is -2.15. The summed E-state index contributed by atoms with van der Waals surface area (Å²) in [6, 6.07) is 5.15. The minimum absolute atomic E-state index is 0.317. The fraction of sp³-hybridized carbons (Fsp3) is 0.333. The Labute approximate surface area is 118 Å². The number of primary amides is 1. The van der Waals surface area contributed by atoms with Gasteiger partial charge in [-0.3, -0.25) is 9.59 Å². The molecule has 1 aromatic carbocycles. The van der Waals surface area contributed by atoms with Gasteiger partial charge in [0.25, 0.3) is 11.8 Å². The average molecular weight is 276 g/mol. The normalized spacial score (nSPS) is 11.7. The van der Waals surface area contributed by atoms with E-state index in [2.05, 4.69) is 11.9 Å². The van der Waals surface area contributed by atoms with E-state index in [1.165, 1.54) is 0 Å². The van der Waals surface area contributed by atoms with Crippen LogP contribution in [0.1, 0.15) is 29.3 Å². The highest BCUT2D eigenvalue weighted by Crippen LogP contribution is 2.19. The van der Waals surface area contributed by atoms with Crippen molar-refractivity contribution >= 4 is 17.5 Å². The Bertz CT molecular complexity index is 512. The topological polar surface area (TPSA) is 81.4 Å². The van der Waals surface area contributed by atoms with Gasteiger partial charge in [-0.2, -0.15) is 0 Å². The molecular weight excluding hydrogens is 256 g/mol. The molecule has 0 radical (unpaired) electrons. The highest BCUT2D eigenvalue weighted by Gasteiger charge is 2.17. The number of nitrogens with two attached hydrogens (primary N) is 1. The van der Waals surface area contributed by atoms with E-state index in [0.717, 1.165) is 5.56 Å². The number of aryl methyl sites for hydroxylation is 1. The average Bonchev–Trinajstić information content (AvgIpc) is 2.38. The summed E-state index contributed by atoms with van der Waals surface area (Å²) in [6.07, 6.45) is 1.78. The summed E-state index contributed by atoms with van der Waals surface area (Å²) in [4.78, 5) is 23.4. The summed E-state index contributed by atoms with van der Waals surface area (Å²) in [5.74, 6) is -0.888. The van der Waals surface area contributed by atoms with Crippen LogP contribution in [0.25, 0.3) is 0 Å². The monoisotopic (exact) mass is 276 g/mol. The van der Waals surface area contributed by atoms with Gasteiger partial charge in [-0.1, -0.05) is 18.2 Å². The van der Waals surface area contributed by atoms with Gasteiger partial charge in [-0.25, -0.2) is 0 Å². The first-order valence-corrected chi connectivity index (χ1v) is 6.40. The molecule has 0 bridgehead atoms. The summed E-state index contributed by atoms with van der Waals surface area (Å²) in [7, 11) is 0. The molecule has 0 saturated carbocycles. The number of amides is 2. The van der Waals surface area contributed by atoms with Crippen molar-refractivity contribution in [3.8, 4) is 0 Å². The van der Waals surface area contributed by atoms with Crippen LogP contribution < -0.4 is 11.1 Å². The lowest BCUT2D eigenvalue weighted by atomic mass is 10.1. The van der Waals surface area contributed by atoms with Crippen molar-refractivity contribution in [3.05, 3.63) is 42.0 Å². The van der Waals surface area contributed by atoms with Crippen LogP contribution in [0, 0.1) is 6.92 Å². The van der Waals surface area contributed by atoms with Gasteiger partial charge in [0.1, 0.15) is 6.10 Å². The maximum Gasteiger partial charge on any atom is 0.253 e. The predicted octanol–water partition coefficient (Wildman–Crippen LogP) is 2.01. The van der Waals surface area contributed by atoms with Crippen LogP contribution in [0.3, 0.4) is 0 Å². The molecule has 3 N–H and O–H groups in total. The number of hydrogen-bond donors (Lipinski definition) is 2. The summed E-state index contributed by atoms with van der Waals surface area (Å²) in [5.41, 5.74) is 6.77. The van der Waals surface area contributed by atoms with Crippen molar-refractivity contribution in [1.82, 2.24) is 0 Å². The molecule has 5 heteroatoms. The van der Waals surface area contributed by atoms with Crippen molar-refractivity contribution in [1.29, 1.82) is 0 Å². The molecule has 0 aliphatic heterocycles. The lowest BCUT2D eigenvalue weighted by molar-refractivity contribution is -0.126. The van der Waals surface area contributed by atoms with Crippen LogP contribution in [0.5, 0.6) is 0 Å². The van der Waals surface area contributed by atoms with Crippen LogP contribution in [0.2, 0.25) is 0 Å². The Morgan fingerprint density at radius 3 is 2.80 bits per heavy atom. The van der Waals surface area contributed by atoms with Crippen LogP contribution in [-0.2, 0) is 9.53 Å². The van der Waals surface area contributed by atoms with Gasteiger partial charge < -0.3 is 15.8 Å². The van der Waals surface area contributed by atoms with Gasteiger partial charge in [0.2, 0.25) is 0 Å². The summed E-state index contributed by atoms with van der Waals surface area (Å²) in [5, 5.41) is 2.67. The van der Waals surface area contributed by atoms with Crippen LogP contribution in [0.15, 0.2) is 30.9 Å². The molecule has 0 fully saturated rings. The van der Waals surface area contributed by atoms with Crippen molar-refractivity contribution in [2.75, 3.05) is 11.9 Å². The third-order valence-corrected chi connectivity index (χ3v) is 2.84. The first kappa shape index (κ1) is 15.9. The number of hydrogen-bond acceptors (Lipinski definition) is 3. The van der Waals surface area contributed by atoms with Crippen molar-refractivity contribution in [2.24, 2.45) is 5.73 Å². The number of anilines is 1. The van der Waals surface area contributed by atoms with Gasteiger partial charge in [0.05, 0.1) is 17.9 Å². The number of ether oxygens (including phenoxy) is 1. The van der Waals surface area contributed by atoms with Crippen LogP contribution in [-0.4, -0.2) is 24.5 Å². The van der Waals surface area contributed by atoms with Crippen molar-refractivity contribution in [2.45, 2.75) is 26.4 Å². The number of benzene rings is 1. The van der Waals surface area contributed by atoms with E-state index in [1.54, 1.807) is 38.1 Å². The molecule has 1 rings (SSSR count). The Balaban J connectivity index is 2.78. The molecule has 0 aliphatic rings. The van der Waals surface area contributed by atoms with Gasteiger partial charge in [-0.15, -0.1) is 6.58 Å². The van der Waals surface area contributed by atoms with Gasteiger partial charge in [0, 0.05) is 0 Å². The first-order valence-electron chi connectivity index (χ1n) is 6.40. The van der Waals surface area contributed by atoms with E-state index < -0.39 is 12.0 Å². The zero-order valence-electron chi connectivity index (χ0n) is 11.8. The molecule has 0 saturated heterocycles. The second-order valence-corrected chi connectivity index (χ2v) is 4.44. The first-order chi connectivity index (χ1) is 9.47. The molecule has 2 amide bonds. The van der Waals surface area contributed by atoms with Crippen molar-refractivity contribution < 1.29 is 14.3 Å². The molecule has 0 aromatic heterocycles. The maximum atomic E-state index is 12.0. The predicted molar refractivity (Wildman–Crippen MR) is 78.6 cm³/mol. The summed E-state index contributed by atoms with van der Waals surface area (Å²) in [6.45, 7) is 7.42. The summed E-state index contributed by atoms with van der Waals surface area (Å²) < 4.78 is 5.35. The number of carbonyl (C=O) groups is 2. The molecule has 0 heterocycles. The van der Waals surface area contributed by atoms with E-state index in [4.69, 9.17) is 10.5 Å². The highest BCUT2D eigenvalue weighted by molar-refractivity contribution is 6.04. The van der Waals surface area contributed by atoms with Crippen LogP contribution in [0.4, 0.5) is 5.69 Å². The van der Waals surface area contributed by atoms with Gasteiger partial charge >= 0.3 is 0 Å². The Morgan fingerprint density at radius 2 is 2.20 bits per heavy atom. The minimum Gasteiger partial charge on any atom is -0.368 e. The van der Waals surface area contributed by atoms with Crippen molar-refractivity contribution in [3.63, 3.8) is 0 Å². The Morgan fingerprint density at radius 1 is 1.50 bits per heavy atom. The third-order valence-electron chi connectivity index (χ3n) is 2.84. The zero-order chi connectivity index (χ0) is 15.1. The molecular formula is C15H20N2O3. The largest absolute Gasteiger partial charge is 0.368 e. The molecule has 1 unspecified atom stereocenters. The molecule has 5 nitrogen and oxygen atoms in total. The Hall–Kier alpha value is -2.14. The fourth-order valence-corrected chi connectivity index (χ4v) is 1.74. The molecule has 108 valence electrons. The quantitative estimate of drug-likeness (QED) is 0.590. The molecule has 0 aliphatic carbocycles. The number of carbonyl (C=O) groups excluding carboxylic acids is 2. The second-order valence-electron chi connectivity index (χ2n) is 4.44. The van der Waals surface area contributed by atoms with E-state index in [9.17, 15) is 9.59 Å². The Kier molecular flexibility index (Phi) is 5.93. The standard InChI is InChI=1S/C15H20N2O3/c1-4-5-9-20-11(3)15(19)17-12-8-6-7-10(2)13(12)14(16)18/h4,6-8,11H,1,5,9H2,2-3H3,(H2,16,18)(H,17,19). The summed E-state index contributed by atoms with van der Waals surface area (Å²) >= 11 is 0. The second kappa shape index (κ2) is 7.45. The van der Waals surface area contributed by atoms with Gasteiger partial charge in [-0.05, 0) is 31.9 Å². The molecule has 0 spiro atoms. The van der Waals surface area contributed by atoms with E-state index in [-0.39, 0.29) is 5.91 Å². The van der Waals surface area contributed by atoms with Gasteiger partial charge in [0.15, 0.2) is 0 Å².